The highest BCUT2D eigenvalue weighted by atomic mass is 16.3. The van der Waals surface area contributed by atoms with Crippen molar-refractivity contribution in [2.24, 2.45) is 9.98 Å². The second-order valence-corrected chi connectivity index (χ2v) is 8.10. The van der Waals surface area contributed by atoms with Crippen molar-refractivity contribution in [2.75, 3.05) is 0 Å². The van der Waals surface area contributed by atoms with Gasteiger partial charge in [-0.15, -0.1) is 0 Å². The third-order valence-electron chi connectivity index (χ3n) is 5.74. The smallest absolute Gasteiger partial charge is 0.128 e. The highest BCUT2D eigenvalue weighted by Gasteiger charge is 2.09. The molecular weight excluding hydrogens is 424 g/mol. The minimum Gasteiger partial charge on any atom is -0.507 e. The van der Waals surface area contributed by atoms with Crippen LogP contribution in [-0.4, -0.2) is 32.6 Å². The topological polar surface area (TPSA) is 91.0 Å². The number of benzene rings is 3. The van der Waals surface area contributed by atoms with Gasteiger partial charge in [-0.1, -0.05) is 36.4 Å². The molecule has 0 fully saturated rings. The van der Waals surface area contributed by atoms with Crippen LogP contribution in [0.4, 0.5) is 11.4 Å². The van der Waals surface area contributed by atoms with Gasteiger partial charge in [0.1, 0.15) is 11.5 Å². The summed E-state index contributed by atoms with van der Waals surface area (Å²) in [6.07, 6.45) is 6.62. The Morgan fingerprint density at radius 1 is 0.647 bits per heavy atom. The number of fused-ring (bicyclic) bond motifs is 2. The van der Waals surface area contributed by atoms with Crippen molar-refractivity contribution >= 4 is 45.6 Å². The van der Waals surface area contributed by atoms with Crippen LogP contribution in [0.2, 0.25) is 0 Å². The Hall–Kier alpha value is -4.58. The van der Waals surface area contributed by atoms with E-state index in [4.69, 9.17) is 0 Å². The lowest BCUT2D eigenvalue weighted by Gasteiger charge is -2.07. The van der Waals surface area contributed by atoms with Crippen LogP contribution >= 0.6 is 0 Å². The molecule has 0 amide bonds. The molecule has 166 valence electrons. The van der Waals surface area contributed by atoms with Crippen molar-refractivity contribution in [3.8, 4) is 11.5 Å². The summed E-state index contributed by atoms with van der Waals surface area (Å²) in [5.41, 5.74) is 5.91. The molecule has 0 aliphatic carbocycles. The minimum absolute atomic E-state index is 0.0766. The number of phenolic OH excluding ortho intramolecular Hbond substituents is 2. The molecular formula is C28H22N4O2. The zero-order valence-electron chi connectivity index (χ0n) is 18.8. The van der Waals surface area contributed by atoms with E-state index in [1.807, 2.05) is 62.4 Å². The van der Waals surface area contributed by atoms with Gasteiger partial charge >= 0.3 is 0 Å². The van der Waals surface area contributed by atoms with Crippen LogP contribution < -0.4 is 0 Å². The van der Waals surface area contributed by atoms with Gasteiger partial charge in [-0.25, -0.2) is 0 Å². The van der Waals surface area contributed by atoms with E-state index in [9.17, 15) is 10.2 Å². The number of aryl methyl sites for hydroxylation is 2. The van der Waals surface area contributed by atoms with Crippen molar-refractivity contribution < 1.29 is 10.2 Å². The van der Waals surface area contributed by atoms with Crippen LogP contribution in [0.1, 0.15) is 22.3 Å². The lowest BCUT2D eigenvalue weighted by molar-refractivity contribution is 0.449. The van der Waals surface area contributed by atoms with Gasteiger partial charge in [-0.3, -0.25) is 20.0 Å². The van der Waals surface area contributed by atoms with Gasteiger partial charge in [0.25, 0.3) is 0 Å². The fourth-order valence-corrected chi connectivity index (χ4v) is 3.87. The zero-order chi connectivity index (χ0) is 23.7. The number of rotatable bonds is 4. The summed E-state index contributed by atoms with van der Waals surface area (Å²) in [5.74, 6) is -0.153. The molecule has 0 unspecified atom stereocenters. The van der Waals surface area contributed by atoms with E-state index in [1.54, 1.807) is 30.9 Å². The van der Waals surface area contributed by atoms with E-state index in [0.29, 0.717) is 11.1 Å². The number of hydrogen-bond acceptors (Lipinski definition) is 6. The van der Waals surface area contributed by atoms with Crippen LogP contribution in [0.25, 0.3) is 21.8 Å². The maximum Gasteiger partial charge on any atom is 0.128 e. The van der Waals surface area contributed by atoms with E-state index < -0.39 is 0 Å². The number of phenols is 2. The summed E-state index contributed by atoms with van der Waals surface area (Å²) in [4.78, 5) is 18.2. The summed E-state index contributed by atoms with van der Waals surface area (Å²) in [6.45, 7) is 3.94. The van der Waals surface area contributed by atoms with Gasteiger partial charge in [0.2, 0.25) is 0 Å². The second kappa shape index (κ2) is 8.75. The quantitative estimate of drug-likeness (QED) is 0.316. The molecule has 6 nitrogen and oxygen atoms in total. The zero-order valence-corrected chi connectivity index (χ0v) is 18.8. The lowest BCUT2D eigenvalue weighted by Crippen LogP contribution is -1.91. The average Bonchev–Trinajstić information content (AvgIpc) is 2.84. The number of pyridine rings is 2. The van der Waals surface area contributed by atoms with Gasteiger partial charge in [0.15, 0.2) is 0 Å². The standard InChI is InChI=1S/C28H22N4O2/c1-17-7-9-19-5-3-11-29-27(19)25(17)31-15-21-13-22(24(34)14-23(21)33)16-32-26-18(2)8-10-20-6-4-12-30-28(20)26/h3-16,33-34H,1-2H3. The fraction of sp³-hybridized carbons (Fsp3) is 0.0714. The van der Waals surface area contributed by atoms with Crippen LogP contribution in [-0.2, 0) is 0 Å². The molecule has 0 saturated carbocycles. The van der Waals surface area contributed by atoms with Gasteiger partial charge in [0.05, 0.1) is 22.4 Å². The molecule has 0 radical (unpaired) electrons. The summed E-state index contributed by atoms with van der Waals surface area (Å²) in [6, 6.07) is 18.7. The normalized spacial score (nSPS) is 11.8. The molecule has 0 atom stereocenters. The van der Waals surface area contributed by atoms with Crippen molar-refractivity contribution in [3.63, 3.8) is 0 Å². The van der Waals surface area contributed by atoms with Crippen molar-refractivity contribution in [1.29, 1.82) is 0 Å². The summed E-state index contributed by atoms with van der Waals surface area (Å²) < 4.78 is 0. The molecule has 5 aromatic rings. The molecule has 0 saturated heterocycles. The number of aromatic nitrogens is 2. The molecule has 6 heteroatoms. The predicted molar refractivity (Wildman–Crippen MR) is 137 cm³/mol. The molecule has 0 aliphatic heterocycles. The number of aliphatic imine (C=N–C) groups is 2. The van der Waals surface area contributed by atoms with Crippen LogP contribution in [0.15, 0.2) is 83.0 Å². The number of nitrogens with zero attached hydrogens (tertiary/aromatic N) is 4. The van der Waals surface area contributed by atoms with Crippen molar-refractivity contribution in [3.05, 3.63) is 95.3 Å². The molecule has 0 spiro atoms. The van der Waals surface area contributed by atoms with Gasteiger partial charge in [0, 0.05) is 52.8 Å². The predicted octanol–water partition coefficient (Wildman–Crippen LogP) is 6.31. The Morgan fingerprint density at radius 3 is 1.59 bits per heavy atom. The lowest BCUT2D eigenvalue weighted by atomic mass is 10.1. The first-order valence-corrected chi connectivity index (χ1v) is 10.8. The van der Waals surface area contributed by atoms with Gasteiger partial charge < -0.3 is 10.2 Å². The highest BCUT2D eigenvalue weighted by Crippen LogP contribution is 2.31. The Kier molecular flexibility index (Phi) is 5.47. The minimum atomic E-state index is -0.0766. The Morgan fingerprint density at radius 2 is 1.12 bits per heavy atom. The van der Waals surface area contributed by atoms with E-state index >= 15 is 0 Å². The molecule has 34 heavy (non-hydrogen) atoms. The molecule has 0 aliphatic rings. The second-order valence-electron chi connectivity index (χ2n) is 8.10. The third-order valence-corrected chi connectivity index (χ3v) is 5.74. The average molecular weight is 447 g/mol. The largest absolute Gasteiger partial charge is 0.507 e. The molecule has 2 heterocycles. The Balaban J connectivity index is 1.54. The third kappa shape index (κ3) is 3.97. The summed E-state index contributed by atoms with van der Waals surface area (Å²) >= 11 is 0. The van der Waals surface area contributed by atoms with E-state index in [-0.39, 0.29) is 11.5 Å². The Bertz CT molecular complexity index is 1490. The van der Waals surface area contributed by atoms with Crippen molar-refractivity contribution in [1.82, 2.24) is 9.97 Å². The number of aromatic hydroxyl groups is 2. The highest BCUT2D eigenvalue weighted by molar-refractivity contribution is 5.98. The van der Waals surface area contributed by atoms with E-state index in [1.165, 1.54) is 6.07 Å². The SMILES string of the molecule is Cc1ccc2cccnc2c1N=Cc1cc(C=Nc2c(C)ccc3cccnc23)c(O)cc1O. The summed E-state index contributed by atoms with van der Waals surface area (Å²) in [7, 11) is 0. The first-order chi connectivity index (χ1) is 16.5. The van der Waals surface area contributed by atoms with Crippen LogP contribution in [0.5, 0.6) is 11.5 Å². The monoisotopic (exact) mass is 446 g/mol. The number of hydrogen-bond donors (Lipinski definition) is 2. The molecule has 0 bridgehead atoms. The molecule has 2 N–H and O–H groups in total. The molecule has 2 aromatic heterocycles. The summed E-state index contributed by atoms with van der Waals surface area (Å²) in [5, 5.41) is 22.8. The maximum atomic E-state index is 10.4. The molecule has 3 aromatic carbocycles. The van der Waals surface area contributed by atoms with Crippen molar-refractivity contribution in [2.45, 2.75) is 13.8 Å². The van der Waals surface area contributed by atoms with Gasteiger partial charge in [-0.05, 0) is 43.2 Å². The first-order valence-electron chi connectivity index (χ1n) is 10.8. The van der Waals surface area contributed by atoms with Crippen LogP contribution in [0.3, 0.4) is 0 Å². The Labute approximate surface area is 196 Å². The first kappa shape index (κ1) is 21.3. The van der Waals surface area contributed by atoms with E-state index in [2.05, 4.69) is 20.0 Å². The van der Waals surface area contributed by atoms with Crippen LogP contribution in [0, 0.1) is 13.8 Å². The molecule has 5 rings (SSSR count). The van der Waals surface area contributed by atoms with E-state index in [0.717, 1.165) is 44.3 Å². The maximum absolute atomic E-state index is 10.4. The van der Waals surface area contributed by atoms with Gasteiger partial charge in [-0.2, -0.15) is 0 Å². The fourth-order valence-electron chi connectivity index (χ4n) is 3.87.